The molecule has 4 heteroatoms. The van der Waals surface area contributed by atoms with Crippen molar-refractivity contribution in [3.05, 3.63) is 0 Å². The molecular weight excluding hydrogens is 199 g/mol. The molecule has 2 nitrogen and oxygen atoms in total. The molecule has 0 radical (unpaired) electrons. The molecule has 1 rings (SSSR count). The van der Waals surface area contributed by atoms with Crippen LogP contribution in [0.25, 0.3) is 0 Å². The van der Waals surface area contributed by atoms with Crippen molar-refractivity contribution in [2.75, 3.05) is 18.4 Å². The molecule has 1 aliphatic rings. The van der Waals surface area contributed by atoms with Gasteiger partial charge in [0.25, 0.3) is 0 Å². The van der Waals surface area contributed by atoms with Gasteiger partial charge in [0.05, 0.1) is 6.10 Å². The quantitative estimate of drug-likeness (QED) is 0.667. The van der Waals surface area contributed by atoms with Gasteiger partial charge in [-0.25, -0.2) is 0 Å². The second kappa shape index (κ2) is 6.03. The summed E-state index contributed by atoms with van der Waals surface area (Å²) in [7, 11) is 0. The van der Waals surface area contributed by atoms with Gasteiger partial charge in [-0.1, -0.05) is 0 Å². The summed E-state index contributed by atoms with van der Waals surface area (Å²) in [5.41, 5.74) is 0. The molecule has 1 fully saturated rings. The van der Waals surface area contributed by atoms with Crippen molar-refractivity contribution in [3.63, 3.8) is 0 Å². The first-order chi connectivity index (χ1) is 5.86. The molecule has 12 heavy (non-hydrogen) atoms. The van der Waals surface area contributed by atoms with Crippen LogP contribution in [0.3, 0.4) is 0 Å². The number of hydrogen-bond donors (Lipinski definition) is 0. The summed E-state index contributed by atoms with van der Waals surface area (Å²) in [6.07, 6.45) is 3.11. The Morgan fingerprint density at radius 2 is 2.08 bits per heavy atom. The minimum absolute atomic E-state index is 0.0727. The van der Waals surface area contributed by atoms with Crippen molar-refractivity contribution >= 4 is 23.2 Å². The molecular formula is C8H14Cl2O2. The minimum Gasteiger partial charge on any atom is -0.353 e. The van der Waals surface area contributed by atoms with E-state index in [2.05, 4.69) is 0 Å². The van der Waals surface area contributed by atoms with E-state index in [-0.39, 0.29) is 12.4 Å². The number of hydrogen-bond acceptors (Lipinski definition) is 2. The van der Waals surface area contributed by atoms with E-state index in [9.17, 15) is 0 Å². The van der Waals surface area contributed by atoms with Crippen molar-refractivity contribution in [2.24, 2.45) is 0 Å². The lowest BCUT2D eigenvalue weighted by Gasteiger charge is -2.25. The van der Waals surface area contributed by atoms with E-state index in [1.165, 1.54) is 6.42 Å². The molecule has 0 bridgehead atoms. The van der Waals surface area contributed by atoms with Crippen LogP contribution < -0.4 is 0 Å². The summed E-state index contributed by atoms with van der Waals surface area (Å²) in [6, 6.07) is 0. The molecule has 1 unspecified atom stereocenters. The zero-order valence-corrected chi connectivity index (χ0v) is 8.48. The Hall–Kier alpha value is 0.500. The molecule has 0 aliphatic carbocycles. The first-order valence-electron chi connectivity index (χ1n) is 4.26. The van der Waals surface area contributed by atoms with E-state index < -0.39 is 0 Å². The third kappa shape index (κ3) is 3.48. The zero-order chi connectivity index (χ0) is 8.81. The Labute approximate surface area is 83.1 Å². The molecule has 1 heterocycles. The van der Waals surface area contributed by atoms with Gasteiger partial charge in [0.1, 0.15) is 0 Å². The second-order valence-electron chi connectivity index (χ2n) is 2.86. The van der Waals surface area contributed by atoms with Gasteiger partial charge in [0, 0.05) is 18.4 Å². The van der Waals surface area contributed by atoms with Crippen molar-refractivity contribution in [3.8, 4) is 0 Å². The van der Waals surface area contributed by atoms with Gasteiger partial charge >= 0.3 is 0 Å². The van der Waals surface area contributed by atoms with Gasteiger partial charge in [-0.05, 0) is 19.3 Å². The van der Waals surface area contributed by atoms with Gasteiger partial charge in [-0.3, -0.25) is 0 Å². The molecule has 0 aromatic rings. The van der Waals surface area contributed by atoms with Crippen LogP contribution in [0.2, 0.25) is 0 Å². The molecule has 0 N–H and O–H groups in total. The first-order valence-corrected chi connectivity index (χ1v) is 5.32. The van der Waals surface area contributed by atoms with Gasteiger partial charge < -0.3 is 9.47 Å². The maximum atomic E-state index is 5.62. The van der Waals surface area contributed by atoms with Gasteiger partial charge in [0.15, 0.2) is 6.29 Å². The number of ether oxygens (including phenoxy) is 2. The summed E-state index contributed by atoms with van der Waals surface area (Å²) in [5.74, 6) is 0.868. The van der Waals surface area contributed by atoms with Crippen molar-refractivity contribution in [1.82, 2.24) is 0 Å². The SMILES string of the molecule is ClCC(CCl)OC1CCCCO1. The number of halogens is 2. The molecule has 0 spiro atoms. The average Bonchev–Trinajstić information content (AvgIpc) is 2.16. The molecule has 1 aliphatic heterocycles. The van der Waals surface area contributed by atoms with E-state index >= 15 is 0 Å². The van der Waals surface area contributed by atoms with Gasteiger partial charge in [-0.2, -0.15) is 0 Å². The normalized spacial score (nSPS) is 24.8. The van der Waals surface area contributed by atoms with E-state index in [1.807, 2.05) is 0 Å². The Morgan fingerprint density at radius 1 is 1.33 bits per heavy atom. The van der Waals surface area contributed by atoms with E-state index in [4.69, 9.17) is 32.7 Å². The van der Waals surface area contributed by atoms with Crippen LogP contribution in [0.4, 0.5) is 0 Å². The van der Waals surface area contributed by atoms with Crippen molar-refractivity contribution in [1.29, 1.82) is 0 Å². The van der Waals surface area contributed by atoms with Crippen LogP contribution in [0.15, 0.2) is 0 Å². The van der Waals surface area contributed by atoms with E-state index in [1.54, 1.807) is 0 Å². The highest BCUT2D eigenvalue weighted by Gasteiger charge is 2.18. The third-order valence-corrected chi connectivity index (χ3v) is 2.51. The Bertz CT molecular complexity index is 112. The molecule has 72 valence electrons. The van der Waals surface area contributed by atoms with E-state index in [0.717, 1.165) is 19.4 Å². The largest absolute Gasteiger partial charge is 0.353 e. The number of rotatable bonds is 4. The fraction of sp³-hybridized carbons (Fsp3) is 1.00. The lowest BCUT2D eigenvalue weighted by molar-refractivity contribution is -0.179. The summed E-state index contributed by atoms with van der Waals surface area (Å²) >= 11 is 11.2. The van der Waals surface area contributed by atoms with Crippen LogP contribution in [0.5, 0.6) is 0 Å². The Morgan fingerprint density at radius 3 is 2.58 bits per heavy atom. The molecule has 0 saturated carbocycles. The maximum absolute atomic E-state index is 5.62. The standard InChI is InChI=1S/C8H14Cl2O2/c9-5-7(6-10)12-8-3-1-2-4-11-8/h7-8H,1-6H2. The molecule has 0 aromatic carbocycles. The topological polar surface area (TPSA) is 18.5 Å². The predicted molar refractivity (Wildman–Crippen MR) is 49.9 cm³/mol. The lowest BCUT2D eigenvalue weighted by Crippen LogP contribution is -2.29. The van der Waals surface area contributed by atoms with Crippen molar-refractivity contribution in [2.45, 2.75) is 31.7 Å². The van der Waals surface area contributed by atoms with Crippen LogP contribution in [-0.4, -0.2) is 30.8 Å². The smallest absolute Gasteiger partial charge is 0.158 e. The van der Waals surface area contributed by atoms with Gasteiger partial charge in [0.2, 0.25) is 0 Å². The predicted octanol–water partition coefficient (Wildman–Crippen LogP) is 2.38. The average molecular weight is 213 g/mol. The minimum atomic E-state index is -0.0822. The van der Waals surface area contributed by atoms with Crippen LogP contribution >= 0.6 is 23.2 Å². The maximum Gasteiger partial charge on any atom is 0.158 e. The van der Waals surface area contributed by atoms with Gasteiger partial charge in [-0.15, -0.1) is 23.2 Å². The summed E-state index contributed by atoms with van der Waals surface area (Å²) < 4.78 is 10.9. The zero-order valence-electron chi connectivity index (χ0n) is 6.97. The van der Waals surface area contributed by atoms with Crippen LogP contribution in [0, 0.1) is 0 Å². The van der Waals surface area contributed by atoms with Crippen LogP contribution in [-0.2, 0) is 9.47 Å². The van der Waals surface area contributed by atoms with Crippen molar-refractivity contribution < 1.29 is 9.47 Å². The number of alkyl halides is 2. The Balaban J connectivity index is 2.18. The highest BCUT2D eigenvalue weighted by atomic mass is 35.5. The third-order valence-electron chi connectivity index (χ3n) is 1.83. The molecule has 1 saturated heterocycles. The molecule has 0 amide bonds. The molecule has 0 aromatic heterocycles. The lowest BCUT2D eigenvalue weighted by atomic mass is 10.2. The highest BCUT2D eigenvalue weighted by Crippen LogP contribution is 2.16. The van der Waals surface area contributed by atoms with E-state index in [0.29, 0.717) is 11.8 Å². The second-order valence-corrected chi connectivity index (χ2v) is 3.48. The van der Waals surface area contributed by atoms with Crippen LogP contribution in [0.1, 0.15) is 19.3 Å². The first kappa shape index (κ1) is 10.6. The summed E-state index contributed by atoms with van der Waals surface area (Å²) in [4.78, 5) is 0. The Kier molecular flexibility index (Phi) is 5.32. The monoisotopic (exact) mass is 212 g/mol. The summed E-state index contributed by atoms with van der Waals surface area (Å²) in [6.45, 7) is 0.794. The highest BCUT2D eigenvalue weighted by molar-refractivity contribution is 6.21. The fourth-order valence-corrected chi connectivity index (χ4v) is 1.62. The molecule has 1 atom stereocenters. The summed E-state index contributed by atoms with van der Waals surface area (Å²) in [5, 5.41) is 0. The fourth-order valence-electron chi connectivity index (χ4n) is 1.15.